The van der Waals surface area contributed by atoms with Gasteiger partial charge in [-0.05, 0) is 93.6 Å². The molecule has 0 aromatic carbocycles. The Hall–Kier alpha value is -1.29. The largest absolute Gasteiger partial charge is 0.490 e. The van der Waals surface area contributed by atoms with Crippen molar-refractivity contribution in [3.8, 4) is 0 Å². The number of ether oxygens (including phenoxy) is 4. The first-order valence-corrected chi connectivity index (χ1v) is 14.6. The predicted molar refractivity (Wildman–Crippen MR) is 135 cm³/mol. The Balaban J connectivity index is 1.18. The third-order valence-electron chi connectivity index (χ3n) is 12.2. The van der Waals surface area contributed by atoms with Crippen LogP contribution in [0, 0.1) is 34.5 Å². The highest BCUT2D eigenvalue weighted by molar-refractivity contribution is 5.62. The molecule has 38 heavy (non-hydrogen) atoms. The minimum atomic E-state index is -1.94. The molecule has 13 atom stereocenters. The molecule has 3 aliphatic heterocycles. The Kier molecular flexibility index (Phi) is 5.65. The Labute approximate surface area is 224 Å². The molecule has 3 heterocycles. The van der Waals surface area contributed by atoms with E-state index in [9.17, 15) is 20.1 Å². The zero-order chi connectivity index (χ0) is 26.7. The number of carbonyl (C=O) groups excluding carboxylic acids is 1. The minimum absolute atomic E-state index is 0.0279. The summed E-state index contributed by atoms with van der Waals surface area (Å²) in [6.07, 6.45) is 6.42. The van der Waals surface area contributed by atoms with E-state index < -0.39 is 35.3 Å². The van der Waals surface area contributed by atoms with Gasteiger partial charge in [-0.2, -0.15) is 0 Å². The predicted octanol–water partition coefficient (Wildman–Crippen LogP) is 2.99. The first kappa shape index (κ1) is 25.7. The zero-order valence-electron chi connectivity index (χ0n) is 22.5. The number of aldehydes is 1. The summed E-state index contributed by atoms with van der Waals surface area (Å²) in [5.41, 5.74) is -0.525. The molecule has 0 aromatic rings. The van der Waals surface area contributed by atoms with E-state index in [1.807, 2.05) is 6.92 Å². The van der Waals surface area contributed by atoms with E-state index in [2.05, 4.69) is 19.6 Å². The number of rotatable bonds is 2. The molecule has 6 fully saturated rings. The lowest BCUT2D eigenvalue weighted by molar-refractivity contribution is -0.457. The summed E-state index contributed by atoms with van der Waals surface area (Å²) in [5, 5.41) is 34.5. The maximum atomic E-state index is 13.2. The number of fused-ring (bicyclic) bond motifs is 7. The standard InChI is InChI=1S/C30H42O8/c1-16-10-18(14-35-16)20-7-9-29(33)22-5-4-19-12-23-24(13-28(19,15-31)21(22)6-8-27(20,29)3)38-30(34)25(32)11-17(2)36-26(30)37-23/h10,15,17,19-26,32-34H,1,4-9,11-14H2,2-3H3/t17-,19+,20-,21+,22-,23-,24-,25-,26+,27-,28-,29+,30+/m1/s1. The van der Waals surface area contributed by atoms with Crippen LogP contribution in [0.5, 0.6) is 0 Å². The third-order valence-corrected chi connectivity index (χ3v) is 12.2. The lowest BCUT2D eigenvalue weighted by atomic mass is 9.42. The minimum Gasteiger partial charge on any atom is -0.490 e. The molecule has 0 unspecified atom stereocenters. The van der Waals surface area contributed by atoms with E-state index in [-0.39, 0.29) is 47.7 Å². The third kappa shape index (κ3) is 3.22. The second-order valence-corrected chi connectivity index (χ2v) is 13.7. The van der Waals surface area contributed by atoms with Crippen LogP contribution in [-0.2, 0) is 23.7 Å². The molecule has 2 saturated heterocycles. The van der Waals surface area contributed by atoms with Gasteiger partial charge >= 0.3 is 0 Å². The molecule has 7 rings (SSSR count). The van der Waals surface area contributed by atoms with Gasteiger partial charge in [0.2, 0.25) is 12.1 Å². The molecule has 0 bridgehead atoms. The summed E-state index contributed by atoms with van der Waals surface area (Å²) in [4.78, 5) is 13.2. The van der Waals surface area contributed by atoms with Crippen LogP contribution in [0.25, 0.3) is 0 Å². The Morgan fingerprint density at radius 1 is 1.05 bits per heavy atom. The van der Waals surface area contributed by atoms with E-state index in [1.165, 1.54) is 5.57 Å². The van der Waals surface area contributed by atoms with Gasteiger partial charge in [0.05, 0.1) is 23.9 Å². The lowest BCUT2D eigenvalue weighted by Gasteiger charge is -2.64. The number of aliphatic hydroxyl groups excluding tert-OH is 1. The van der Waals surface area contributed by atoms with E-state index in [4.69, 9.17) is 18.9 Å². The highest BCUT2D eigenvalue weighted by Gasteiger charge is 2.70. The zero-order valence-corrected chi connectivity index (χ0v) is 22.5. The number of hydrogen-bond acceptors (Lipinski definition) is 8. The van der Waals surface area contributed by atoms with Crippen LogP contribution < -0.4 is 0 Å². The Bertz CT molecular complexity index is 1060. The summed E-state index contributed by atoms with van der Waals surface area (Å²) in [7, 11) is 0. The molecular formula is C30H42O8. The van der Waals surface area contributed by atoms with Crippen LogP contribution in [0.3, 0.4) is 0 Å². The Morgan fingerprint density at radius 3 is 2.61 bits per heavy atom. The van der Waals surface area contributed by atoms with E-state index in [0.29, 0.717) is 25.2 Å². The van der Waals surface area contributed by atoms with Crippen molar-refractivity contribution in [3.63, 3.8) is 0 Å². The van der Waals surface area contributed by atoms with Crippen LogP contribution in [0.2, 0.25) is 0 Å². The van der Waals surface area contributed by atoms with Crippen molar-refractivity contribution in [3.05, 3.63) is 24.0 Å². The lowest BCUT2D eigenvalue weighted by Crippen LogP contribution is -2.71. The maximum Gasteiger partial charge on any atom is 0.245 e. The maximum absolute atomic E-state index is 13.2. The summed E-state index contributed by atoms with van der Waals surface area (Å²) in [5.74, 6) is -0.787. The van der Waals surface area contributed by atoms with Crippen molar-refractivity contribution >= 4 is 6.29 Å². The molecule has 0 aromatic heterocycles. The van der Waals surface area contributed by atoms with Crippen molar-refractivity contribution in [2.24, 2.45) is 34.5 Å². The molecule has 4 saturated carbocycles. The fourth-order valence-corrected chi connectivity index (χ4v) is 10.3. The van der Waals surface area contributed by atoms with Crippen LogP contribution in [0.4, 0.5) is 0 Å². The van der Waals surface area contributed by atoms with Gasteiger partial charge in [-0.15, -0.1) is 0 Å². The van der Waals surface area contributed by atoms with E-state index >= 15 is 0 Å². The van der Waals surface area contributed by atoms with Crippen molar-refractivity contribution in [1.29, 1.82) is 0 Å². The van der Waals surface area contributed by atoms with Crippen molar-refractivity contribution in [1.82, 2.24) is 0 Å². The normalized spacial score (nSPS) is 57.4. The highest BCUT2D eigenvalue weighted by Crippen LogP contribution is 2.70. The summed E-state index contributed by atoms with van der Waals surface area (Å²) in [6.45, 7) is 8.61. The molecule has 8 nitrogen and oxygen atoms in total. The van der Waals surface area contributed by atoms with Gasteiger partial charge in [-0.25, -0.2) is 0 Å². The molecule has 0 spiro atoms. The summed E-state index contributed by atoms with van der Waals surface area (Å²) < 4.78 is 24.0. The monoisotopic (exact) mass is 530 g/mol. The number of carbonyl (C=O) groups is 1. The van der Waals surface area contributed by atoms with Gasteiger partial charge in [0.1, 0.15) is 24.8 Å². The van der Waals surface area contributed by atoms with Crippen molar-refractivity contribution in [2.45, 2.75) is 114 Å². The van der Waals surface area contributed by atoms with E-state index in [1.54, 1.807) is 0 Å². The fourth-order valence-electron chi connectivity index (χ4n) is 10.3. The SMILES string of the molecule is C=C1C=C([C@H]2CC[C@]3(O)[C@@H]4CC[C@H]5C[C@H]6O[C@@H]7O[C@H](C)C[C@@H](O)[C@]7(O)O[C@@H]6C[C@]5(C=O)[C@H]4CC[C@]23C)CO1. The average molecular weight is 531 g/mol. The van der Waals surface area contributed by atoms with Crippen molar-refractivity contribution in [2.75, 3.05) is 6.61 Å². The molecule has 8 heteroatoms. The first-order valence-electron chi connectivity index (χ1n) is 14.6. The summed E-state index contributed by atoms with van der Waals surface area (Å²) >= 11 is 0. The van der Waals surface area contributed by atoms with Crippen LogP contribution in [0.15, 0.2) is 24.0 Å². The molecule has 0 amide bonds. The molecule has 210 valence electrons. The quantitative estimate of drug-likeness (QED) is 0.369. The fraction of sp³-hybridized carbons (Fsp3) is 0.833. The molecule has 3 N–H and O–H groups in total. The van der Waals surface area contributed by atoms with Gasteiger partial charge in [-0.3, -0.25) is 0 Å². The molecular weight excluding hydrogens is 488 g/mol. The second-order valence-electron chi connectivity index (χ2n) is 13.7. The average Bonchev–Trinajstić information content (AvgIpc) is 3.42. The molecule has 0 radical (unpaired) electrons. The Morgan fingerprint density at radius 2 is 1.87 bits per heavy atom. The van der Waals surface area contributed by atoms with E-state index in [0.717, 1.165) is 44.8 Å². The number of allylic oxidation sites excluding steroid dienone is 1. The van der Waals surface area contributed by atoms with Gasteiger partial charge in [-0.1, -0.05) is 13.5 Å². The summed E-state index contributed by atoms with van der Waals surface area (Å²) in [6, 6.07) is 0. The topological polar surface area (TPSA) is 115 Å². The van der Waals surface area contributed by atoms with Crippen LogP contribution in [-0.4, -0.2) is 70.3 Å². The van der Waals surface area contributed by atoms with Crippen LogP contribution in [0.1, 0.15) is 71.6 Å². The molecule has 7 aliphatic rings. The second kappa shape index (κ2) is 8.37. The number of aliphatic hydroxyl groups is 3. The van der Waals surface area contributed by atoms with Gasteiger partial charge < -0.3 is 39.1 Å². The van der Waals surface area contributed by atoms with Crippen molar-refractivity contribution < 1.29 is 39.1 Å². The smallest absolute Gasteiger partial charge is 0.245 e. The van der Waals surface area contributed by atoms with Crippen LogP contribution >= 0.6 is 0 Å². The number of hydrogen-bond donors (Lipinski definition) is 3. The van der Waals surface area contributed by atoms with Gasteiger partial charge in [0.25, 0.3) is 0 Å². The van der Waals surface area contributed by atoms with Gasteiger partial charge in [0.15, 0.2) is 0 Å². The highest BCUT2D eigenvalue weighted by atomic mass is 16.8. The first-order chi connectivity index (χ1) is 18.0. The van der Waals surface area contributed by atoms with Gasteiger partial charge in [0, 0.05) is 17.3 Å². The molecule has 4 aliphatic carbocycles.